The molecular formula is C17H15N3O3. The fourth-order valence-electron chi connectivity index (χ4n) is 2.11. The summed E-state index contributed by atoms with van der Waals surface area (Å²) in [4.78, 5) is 11.5. The van der Waals surface area contributed by atoms with E-state index in [4.69, 9.17) is 15.1 Å². The van der Waals surface area contributed by atoms with Crippen LogP contribution < -0.4 is 16.0 Å². The Morgan fingerprint density at radius 1 is 1.13 bits per heavy atom. The average molecular weight is 309 g/mol. The predicted molar refractivity (Wildman–Crippen MR) is 84.4 cm³/mol. The minimum atomic E-state index is -0.511. The molecular weight excluding hydrogens is 294 g/mol. The van der Waals surface area contributed by atoms with Crippen LogP contribution in [0.15, 0.2) is 65.2 Å². The van der Waals surface area contributed by atoms with E-state index in [-0.39, 0.29) is 5.69 Å². The number of carbonyl (C=O) groups is 1. The van der Waals surface area contributed by atoms with Crippen molar-refractivity contribution in [3.63, 3.8) is 0 Å². The molecule has 3 rings (SSSR count). The highest BCUT2D eigenvalue weighted by atomic mass is 16.5. The van der Waals surface area contributed by atoms with Gasteiger partial charge in [0.25, 0.3) is 5.91 Å². The number of benzene rings is 2. The number of nitrogens with zero attached hydrogens (tertiary/aromatic N) is 1. The van der Waals surface area contributed by atoms with Gasteiger partial charge in [-0.1, -0.05) is 47.6 Å². The largest absolute Gasteiger partial charge is 0.488 e. The van der Waals surface area contributed by atoms with Gasteiger partial charge in [-0.3, -0.25) is 10.2 Å². The molecule has 6 heteroatoms. The van der Waals surface area contributed by atoms with Crippen LogP contribution in [0.4, 0.5) is 0 Å². The average Bonchev–Trinajstić information content (AvgIpc) is 3.10. The summed E-state index contributed by atoms with van der Waals surface area (Å²) in [5.74, 6) is 5.66. The Morgan fingerprint density at radius 2 is 1.87 bits per heavy atom. The van der Waals surface area contributed by atoms with E-state index in [9.17, 15) is 4.79 Å². The molecule has 3 aromatic rings. The quantitative estimate of drug-likeness (QED) is 0.429. The lowest BCUT2D eigenvalue weighted by Crippen LogP contribution is -2.30. The highest BCUT2D eigenvalue weighted by Crippen LogP contribution is 2.30. The summed E-state index contributed by atoms with van der Waals surface area (Å²) < 4.78 is 11.1. The van der Waals surface area contributed by atoms with Gasteiger partial charge in [-0.25, -0.2) is 5.84 Å². The Kier molecular flexibility index (Phi) is 4.35. The first-order valence-electron chi connectivity index (χ1n) is 7.01. The van der Waals surface area contributed by atoms with Crippen LogP contribution in [0.25, 0.3) is 11.3 Å². The molecule has 2 aromatic carbocycles. The van der Waals surface area contributed by atoms with E-state index in [1.807, 2.05) is 60.0 Å². The summed E-state index contributed by atoms with van der Waals surface area (Å²) in [5, 5.41) is 3.70. The Labute approximate surface area is 132 Å². The van der Waals surface area contributed by atoms with Crippen molar-refractivity contribution < 1.29 is 14.1 Å². The lowest BCUT2D eigenvalue weighted by Gasteiger charge is -2.09. The summed E-state index contributed by atoms with van der Waals surface area (Å²) in [6.45, 7) is 0.433. The Hall–Kier alpha value is -3.12. The maximum Gasteiger partial charge on any atom is 0.287 e. The third kappa shape index (κ3) is 3.38. The smallest absolute Gasteiger partial charge is 0.287 e. The number of ether oxygens (including phenoxy) is 1. The molecule has 0 saturated carbocycles. The summed E-state index contributed by atoms with van der Waals surface area (Å²) in [6, 6.07) is 18.8. The van der Waals surface area contributed by atoms with Crippen LogP contribution >= 0.6 is 0 Å². The minimum absolute atomic E-state index is 0.111. The van der Waals surface area contributed by atoms with Crippen LogP contribution in [0.2, 0.25) is 0 Å². The molecule has 0 radical (unpaired) electrons. The summed E-state index contributed by atoms with van der Waals surface area (Å²) >= 11 is 0. The van der Waals surface area contributed by atoms with Gasteiger partial charge < -0.3 is 9.26 Å². The van der Waals surface area contributed by atoms with Gasteiger partial charge in [0.1, 0.15) is 12.4 Å². The fourth-order valence-corrected chi connectivity index (χ4v) is 2.11. The van der Waals surface area contributed by atoms with Crippen LogP contribution in [0.1, 0.15) is 16.1 Å². The third-order valence-electron chi connectivity index (χ3n) is 3.26. The molecule has 0 aliphatic rings. The first-order valence-corrected chi connectivity index (χ1v) is 7.01. The summed E-state index contributed by atoms with van der Waals surface area (Å²) in [7, 11) is 0. The molecule has 116 valence electrons. The fraction of sp³-hybridized carbons (Fsp3) is 0.0588. The lowest BCUT2D eigenvalue weighted by molar-refractivity contribution is 0.0944. The lowest BCUT2D eigenvalue weighted by atomic mass is 10.1. The monoisotopic (exact) mass is 309 g/mol. The number of nitrogens with two attached hydrogens (primary N) is 1. The first-order chi connectivity index (χ1) is 11.3. The van der Waals surface area contributed by atoms with E-state index in [0.717, 1.165) is 5.56 Å². The van der Waals surface area contributed by atoms with Crippen molar-refractivity contribution in [1.82, 2.24) is 10.6 Å². The summed E-state index contributed by atoms with van der Waals surface area (Å²) in [5.41, 5.74) is 3.90. The van der Waals surface area contributed by atoms with E-state index in [2.05, 4.69) is 5.16 Å². The molecule has 6 nitrogen and oxygen atoms in total. The van der Waals surface area contributed by atoms with E-state index >= 15 is 0 Å². The molecule has 0 aliphatic heterocycles. The molecule has 1 amide bonds. The van der Waals surface area contributed by atoms with Crippen LogP contribution in [0.5, 0.6) is 5.75 Å². The maximum atomic E-state index is 11.5. The van der Waals surface area contributed by atoms with Crippen LogP contribution in [0, 0.1) is 0 Å². The molecule has 0 spiro atoms. The number of rotatable bonds is 5. The number of amides is 1. The number of hydrogen-bond acceptors (Lipinski definition) is 5. The standard InChI is InChI=1S/C17H15N3O3/c18-19-17(21)14-10-16(23-20-14)13-8-4-5-9-15(13)22-11-12-6-2-1-3-7-12/h1-10H,11,18H2,(H,19,21). The van der Waals surface area contributed by atoms with E-state index in [0.29, 0.717) is 23.7 Å². The van der Waals surface area contributed by atoms with Gasteiger partial charge in [-0.05, 0) is 17.7 Å². The van der Waals surface area contributed by atoms with E-state index < -0.39 is 5.91 Å². The first kappa shape index (κ1) is 14.8. The number of hydrazine groups is 1. The predicted octanol–water partition coefficient (Wildman–Crippen LogP) is 2.52. The molecule has 0 unspecified atom stereocenters. The van der Waals surface area contributed by atoms with Crippen LogP contribution in [-0.4, -0.2) is 11.1 Å². The van der Waals surface area contributed by atoms with Crippen molar-refractivity contribution in [2.75, 3.05) is 0 Å². The van der Waals surface area contributed by atoms with E-state index in [1.54, 1.807) is 0 Å². The number of nitrogens with one attached hydrogen (secondary N) is 1. The second-order valence-corrected chi connectivity index (χ2v) is 4.82. The Morgan fingerprint density at radius 3 is 2.65 bits per heavy atom. The number of nitrogen functional groups attached to an aromatic ring is 1. The van der Waals surface area contributed by atoms with Crippen LogP contribution in [-0.2, 0) is 6.61 Å². The second kappa shape index (κ2) is 6.76. The number of hydrogen-bond donors (Lipinski definition) is 2. The van der Waals surface area contributed by atoms with Crippen molar-refractivity contribution in [2.24, 2.45) is 5.84 Å². The third-order valence-corrected chi connectivity index (χ3v) is 3.26. The van der Waals surface area contributed by atoms with Crippen molar-refractivity contribution in [3.8, 4) is 17.1 Å². The van der Waals surface area contributed by atoms with Gasteiger partial charge in [0.2, 0.25) is 0 Å². The molecule has 1 aromatic heterocycles. The molecule has 0 aliphatic carbocycles. The van der Waals surface area contributed by atoms with Crippen LogP contribution in [0.3, 0.4) is 0 Å². The van der Waals surface area contributed by atoms with Crippen molar-refractivity contribution >= 4 is 5.91 Å². The topological polar surface area (TPSA) is 90.4 Å². The maximum absolute atomic E-state index is 11.5. The van der Waals surface area contributed by atoms with Crippen molar-refractivity contribution in [1.29, 1.82) is 0 Å². The molecule has 1 heterocycles. The van der Waals surface area contributed by atoms with Gasteiger partial charge in [-0.2, -0.15) is 0 Å². The molecule has 23 heavy (non-hydrogen) atoms. The van der Waals surface area contributed by atoms with Gasteiger partial charge in [0, 0.05) is 6.07 Å². The molecule has 0 bridgehead atoms. The highest BCUT2D eigenvalue weighted by molar-refractivity contribution is 5.92. The zero-order valence-corrected chi connectivity index (χ0v) is 12.2. The molecule has 0 saturated heterocycles. The Bertz CT molecular complexity index is 800. The molecule has 0 fully saturated rings. The van der Waals surface area contributed by atoms with E-state index in [1.165, 1.54) is 6.07 Å². The van der Waals surface area contributed by atoms with Gasteiger partial charge in [0.05, 0.1) is 5.56 Å². The number of aromatic nitrogens is 1. The zero-order chi connectivity index (χ0) is 16.1. The van der Waals surface area contributed by atoms with Gasteiger partial charge in [0.15, 0.2) is 11.5 Å². The summed E-state index contributed by atoms with van der Waals surface area (Å²) in [6.07, 6.45) is 0. The van der Waals surface area contributed by atoms with Crippen molar-refractivity contribution in [3.05, 3.63) is 71.9 Å². The molecule has 3 N–H and O–H groups in total. The van der Waals surface area contributed by atoms with Gasteiger partial charge in [-0.15, -0.1) is 0 Å². The normalized spacial score (nSPS) is 10.3. The van der Waals surface area contributed by atoms with Crippen molar-refractivity contribution in [2.45, 2.75) is 6.61 Å². The molecule has 0 atom stereocenters. The highest BCUT2D eigenvalue weighted by Gasteiger charge is 2.15. The van der Waals surface area contributed by atoms with Gasteiger partial charge >= 0.3 is 0 Å². The Balaban J connectivity index is 1.83. The minimum Gasteiger partial charge on any atom is -0.488 e. The zero-order valence-electron chi connectivity index (χ0n) is 12.2. The SMILES string of the molecule is NNC(=O)c1cc(-c2ccccc2OCc2ccccc2)on1. The number of para-hydroxylation sites is 1. The number of carbonyl (C=O) groups excluding carboxylic acids is 1. The second-order valence-electron chi connectivity index (χ2n) is 4.82.